The van der Waals surface area contributed by atoms with Gasteiger partial charge in [-0.3, -0.25) is 15.6 Å². The Bertz CT molecular complexity index is 509. The van der Waals surface area contributed by atoms with Crippen molar-refractivity contribution in [1.82, 2.24) is 10.9 Å². The van der Waals surface area contributed by atoms with Crippen molar-refractivity contribution in [3.05, 3.63) is 30.3 Å². The third-order valence-corrected chi connectivity index (χ3v) is 4.39. The van der Waals surface area contributed by atoms with Crippen molar-refractivity contribution in [1.29, 1.82) is 0 Å². The first kappa shape index (κ1) is 14.4. The Hall–Kier alpha value is -1.04. The highest BCUT2D eigenvalue weighted by Crippen LogP contribution is 2.63. The van der Waals surface area contributed by atoms with Crippen molar-refractivity contribution in [2.45, 2.75) is 17.7 Å². The van der Waals surface area contributed by atoms with Crippen molar-refractivity contribution in [3.63, 3.8) is 0 Å². The van der Waals surface area contributed by atoms with Gasteiger partial charge in [0, 0.05) is 5.69 Å². The Labute approximate surface area is 126 Å². The van der Waals surface area contributed by atoms with Crippen LogP contribution in [-0.4, -0.2) is 15.4 Å². The summed E-state index contributed by atoms with van der Waals surface area (Å²) in [7, 11) is 0. The van der Waals surface area contributed by atoms with E-state index in [0.717, 1.165) is 5.69 Å². The highest BCUT2D eigenvalue weighted by atomic mass is 35.5. The minimum atomic E-state index is -0.993. The molecule has 102 valence electrons. The average Bonchev–Trinajstić information content (AvgIpc) is 2.88. The first-order valence-corrected chi connectivity index (χ1v) is 6.82. The Balaban J connectivity index is 1.80. The molecule has 0 aromatic heterocycles. The Morgan fingerprint density at radius 1 is 1.26 bits per heavy atom. The van der Waals surface area contributed by atoms with Crippen LogP contribution in [0, 0.1) is 5.41 Å². The lowest BCUT2D eigenvalue weighted by Crippen LogP contribution is -2.47. The standard InChI is InChI=1S/C12H13Cl2N3OS/c1-11(7-12(11,13)14)9(18)16-17-10(19)15-8-5-3-2-4-6-8/h2-6H,7H2,1H3,(H,16,18)(H2,15,17,19)/t11-/m1/s1. The summed E-state index contributed by atoms with van der Waals surface area (Å²) in [4.78, 5) is 11.9. The average molecular weight is 318 g/mol. The molecule has 7 heteroatoms. The first-order valence-electron chi connectivity index (χ1n) is 5.65. The Morgan fingerprint density at radius 3 is 2.37 bits per heavy atom. The lowest BCUT2D eigenvalue weighted by molar-refractivity contribution is -0.126. The van der Waals surface area contributed by atoms with E-state index in [-0.39, 0.29) is 5.91 Å². The van der Waals surface area contributed by atoms with Crippen LogP contribution in [0.15, 0.2) is 30.3 Å². The van der Waals surface area contributed by atoms with Gasteiger partial charge in [0.1, 0.15) is 4.33 Å². The summed E-state index contributed by atoms with van der Waals surface area (Å²) in [5.41, 5.74) is 5.18. The number of alkyl halides is 2. The third-order valence-electron chi connectivity index (χ3n) is 3.08. The largest absolute Gasteiger partial charge is 0.331 e. The molecular weight excluding hydrogens is 305 g/mol. The monoisotopic (exact) mass is 317 g/mol. The molecule has 1 aromatic carbocycles. The normalized spacial score (nSPS) is 23.3. The van der Waals surface area contributed by atoms with Gasteiger partial charge >= 0.3 is 0 Å². The number of thiocarbonyl (C=S) groups is 1. The molecule has 1 aliphatic rings. The van der Waals surface area contributed by atoms with E-state index in [1.54, 1.807) is 6.92 Å². The van der Waals surface area contributed by atoms with Crippen molar-refractivity contribution in [3.8, 4) is 0 Å². The predicted octanol–water partition coefficient (Wildman–Crippen LogP) is 2.59. The number of carbonyl (C=O) groups excluding carboxylic acids is 1. The van der Waals surface area contributed by atoms with Crippen LogP contribution in [0.5, 0.6) is 0 Å². The minimum absolute atomic E-state index is 0.283. The molecule has 1 atom stereocenters. The number of anilines is 1. The van der Waals surface area contributed by atoms with Gasteiger partial charge < -0.3 is 5.32 Å². The van der Waals surface area contributed by atoms with E-state index in [1.165, 1.54) is 0 Å². The second kappa shape index (κ2) is 5.15. The van der Waals surface area contributed by atoms with Crippen LogP contribution in [-0.2, 0) is 4.79 Å². The van der Waals surface area contributed by atoms with Crippen LogP contribution >= 0.6 is 35.4 Å². The van der Waals surface area contributed by atoms with Crippen LogP contribution in [0.1, 0.15) is 13.3 Å². The Kier molecular flexibility index (Phi) is 3.90. The van der Waals surface area contributed by atoms with Gasteiger partial charge in [0.15, 0.2) is 5.11 Å². The molecule has 3 N–H and O–H groups in total. The molecule has 1 aromatic rings. The number of rotatable bonds is 2. The summed E-state index contributed by atoms with van der Waals surface area (Å²) < 4.78 is -0.993. The maximum Gasteiger partial charge on any atom is 0.247 e. The van der Waals surface area contributed by atoms with Gasteiger partial charge in [-0.05, 0) is 37.7 Å². The fourth-order valence-electron chi connectivity index (χ4n) is 1.58. The van der Waals surface area contributed by atoms with Crippen molar-refractivity contribution in [2.24, 2.45) is 5.41 Å². The van der Waals surface area contributed by atoms with Crippen LogP contribution in [0.25, 0.3) is 0 Å². The number of nitrogens with one attached hydrogen (secondary N) is 3. The SMILES string of the molecule is C[C@]1(C(=O)NNC(=S)Nc2ccccc2)CC1(Cl)Cl. The molecule has 1 amide bonds. The number of halogens is 2. The highest BCUT2D eigenvalue weighted by molar-refractivity contribution is 7.80. The van der Waals surface area contributed by atoms with Gasteiger partial charge in [-0.25, -0.2) is 0 Å². The van der Waals surface area contributed by atoms with Gasteiger partial charge in [0.05, 0.1) is 5.41 Å². The summed E-state index contributed by atoms with van der Waals surface area (Å²) in [5.74, 6) is -0.283. The van der Waals surface area contributed by atoms with Gasteiger partial charge in [-0.1, -0.05) is 18.2 Å². The van der Waals surface area contributed by atoms with Gasteiger partial charge in [-0.15, -0.1) is 23.2 Å². The zero-order valence-electron chi connectivity index (χ0n) is 10.2. The van der Waals surface area contributed by atoms with Crippen molar-refractivity contribution in [2.75, 3.05) is 5.32 Å². The van der Waals surface area contributed by atoms with E-state index in [0.29, 0.717) is 11.5 Å². The zero-order valence-corrected chi connectivity index (χ0v) is 12.5. The van der Waals surface area contributed by atoms with E-state index >= 15 is 0 Å². The lowest BCUT2D eigenvalue weighted by Gasteiger charge is -2.15. The number of benzene rings is 1. The second-order valence-corrected chi connectivity index (χ2v) is 6.50. The summed E-state index contributed by atoms with van der Waals surface area (Å²) in [5, 5.41) is 3.22. The molecule has 4 nitrogen and oxygen atoms in total. The van der Waals surface area contributed by atoms with Gasteiger partial charge in [0.2, 0.25) is 5.91 Å². The molecule has 19 heavy (non-hydrogen) atoms. The molecule has 0 bridgehead atoms. The molecule has 0 saturated heterocycles. The molecule has 0 unspecified atom stereocenters. The molecule has 1 aliphatic carbocycles. The summed E-state index contributed by atoms with van der Waals surface area (Å²) in [6.07, 6.45) is 0.426. The summed E-state index contributed by atoms with van der Waals surface area (Å²) in [6.45, 7) is 1.71. The van der Waals surface area contributed by atoms with E-state index in [1.807, 2.05) is 30.3 Å². The predicted molar refractivity (Wildman–Crippen MR) is 81.1 cm³/mol. The smallest absolute Gasteiger partial charge is 0.247 e. The third kappa shape index (κ3) is 3.11. The van der Waals surface area contributed by atoms with E-state index in [9.17, 15) is 4.79 Å². The van der Waals surface area contributed by atoms with Crippen LogP contribution in [0.2, 0.25) is 0 Å². The van der Waals surface area contributed by atoms with Crippen molar-refractivity contribution >= 4 is 52.1 Å². The van der Waals surface area contributed by atoms with Crippen LogP contribution in [0.3, 0.4) is 0 Å². The quantitative estimate of drug-likeness (QED) is 0.446. The molecule has 0 spiro atoms. The van der Waals surface area contributed by atoms with Crippen molar-refractivity contribution < 1.29 is 4.79 Å². The van der Waals surface area contributed by atoms with E-state index < -0.39 is 9.75 Å². The van der Waals surface area contributed by atoms with Crippen LogP contribution < -0.4 is 16.2 Å². The fourth-order valence-corrected chi connectivity index (χ4v) is 2.46. The molecule has 0 radical (unpaired) electrons. The number of carbonyl (C=O) groups is 1. The Morgan fingerprint density at radius 2 is 1.84 bits per heavy atom. The topological polar surface area (TPSA) is 53.2 Å². The maximum absolute atomic E-state index is 11.9. The molecule has 0 aliphatic heterocycles. The van der Waals surface area contributed by atoms with Gasteiger partial charge in [-0.2, -0.15) is 0 Å². The molecule has 2 rings (SSSR count). The molecule has 1 fully saturated rings. The van der Waals surface area contributed by atoms with Gasteiger partial charge in [0.25, 0.3) is 0 Å². The maximum atomic E-state index is 11.9. The minimum Gasteiger partial charge on any atom is -0.331 e. The zero-order chi connectivity index (χ0) is 14.1. The number of hydrazine groups is 1. The molecule has 1 saturated carbocycles. The molecule has 0 heterocycles. The first-order chi connectivity index (χ1) is 8.85. The molecular formula is C12H13Cl2N3OS. The van der Waals surface area contributed by atoms with Crippen LogP contribution in [0.4, 0.5) is 5.69 Å². The second-order valence-electron chi connectivity index (χ2n) is 4.61. The number of para-hydroxylation sites is 1. The lowest BCUT2D eigenvalue weighted by atomic mass is 10.1. The highest BCUT2D eigenvalue weighted by Gasteiger charge is 2.68. The fraction of sp³-hybridized carbons (Fsp3) is 0.333. The van der Waals surface area contributed by atoms with E-state index in [4.69, 9.17) is 35.4 Å². The summed E-state index contributed by atoms with van der Waals surface area (Å²) in [6, 6.07) is 9.38. The number of amides is 1. The summed E-state index contributed by atoms with van der Waals surface area (Å²) >= 11 is 16.9. The number of hydrogen-bond donors (Lipinski definition) is 3. The van der Waals surface area contributed by atoms with E-state index in [2.05, 4.69) is 16.2 Å². The number of hydrogen-bond acceptors (Lipinski definition) is 2.